The molecule has 1 aliphatic rings. The standard InChI is InChI=1S/C11H11N5/c1-15-8-16(9-5-3-2-4-6-9)11-10(15)7-12-14-13-11/h2-7H,8H2,1H3. The molecule has 1 aliphatic heterocycles. The fourth-order valence-electron chi connectivity index (χ4n) is 1.89. The van der Waals surface area contributed by atoms with Crippen LogP contribution in [0.1, 0.15) is 0 Å². The van der Waals surface area contributed by atoms with Crippen LogP contribution in [0, 0.1) is 0 Å². The Balaban J connectivity index is 2.07. The van der Waals surface area contributed by atoms with Gasteiger partial charge in [-0.3, -0.25) is 0 Å². The molecular weight excluding hydrogens is 202 g/mol. The zero-order chi connectivity index (χ0) is 11.0. The average Bonchev–Trinajstić information content (AvgIpc) is 2.69. The molecular formula is C11H11N5. The summed E-state index contributed by atoms with van der Waals surface area (Å²) in [6.45, 7) is 0.777. The summed E-state index contributed by atoms with van der Waals surface area (Å²) in [5, 5.41) is 11.6. The van der Waals surface area contributed by atoms with Gasteiger partial charge in [0.15, 0.2) is 5.82 Å². The molecule has 0 saturated carbocycles. The molecule has 1 aromatic carbocycles. The van der Waals surface area contributed by atoms with E-state index >= 15 is 0 Å². The normalized spacial score (nSPS) is 14.1. The number of benzene rings is 1. The molecule has 0 radical (unpaired) electrons. The number of nitrogens with zero attached hydrogens (tertiary/aromatic N) is 5. The lowest BCUT2D eigenvalue weighted by molar-refractivity contribution is 0.864. The zero-order valence-corrected chi connectivity index (χ0v) is 8.91. The number of rotatable bonds is 1. The van der Waals surface area contributed by atoms with Gasteiger partial charge >= 0.3 is 0 Å². The van der Waals surface area contributed by atoms with E-state index in [1.165, 1.54) is 0 Å². The molecule has 5 heteroatoms. The van der Waals surface area contributed by atoms with Gasteiger partial charge in [-0.05, 0) is 17.3 Å². The second kappa shape index (κ2) is 3.44. The summed E-state index contributed by atoms with van der Waals surface area (Å²) in [5.74, 6) is 0.865. The Bertz CT molecular complexity index is 499. The van der Waals surface area contributed by atoms with Gasteiger partial charge in [0, 0.05) is 12.7 Å². The summed E-state index contributed by atoms with van der Waals surface area (Å²) in [6.07, 6.45) is 1.74. The summed E-state index contributed by atoms with van der Waals surface area (Å²) in [4.78, 5) is 4.22. The van der Waals surface area contributed by atoms with Gasteiger partial charge < -0.3 is 9.80 Å². The fraction of sp³-hybridized carbons (Fsp3) is 0.182. The van der Waals surface area contributed by atoms with E-state index in [4.69, 9.17) is 0 Å². The highest BCUT2D eigenvalue weighted by Crippen LogP contribution is 2.36. The number of anilines is 3. The molecule has 2 heterocycles. The third kappa shape index (κ3) is 1.29. The van der Waals surface area contributed by atoms with Crippen molar-refractivity contribution in [2.24, 2.45) is 0 Å². The molecule has 2 aromatic rings. The maximum Gasteiger partial charge on any atom is 0.184 e. The van der Waals surface area contributed by atoms with Gasteiger partial charge in [0.1, 0.15) is 5.69 Å². The molecule has 0 saturated heterocycles. The van der Waals surface area contributed by atoms with Crippen LogP contribution >= 0.6 is 0 Å². The molecule has 5 nitrogen and oxygen atoms in total. The Morgan fingerprint density at radius 1 is 1.19 bits per heavy atom. The van der Waals surface area contributed by atoms with Crippen molar-refractivity contribution in [1.29, 1.82) is 0 Å². The number of aromatic nitrogens is 3. The molecule has 0 aliphatic carbocycles. The SMILES string of the molecule is CN1CN(c2ccccc2)c2nnncc21. The number of hydrogen-bond donors (Lipinski definition) is 0. The van der Waals surface area contributed by atoms with E-state index < -0.39 is 0 Å². The first-order chi connectivity index (χ1) is 7.86. The molecule has 1 aromatic heterocycles. The molecule has 0 spiro atoms. The molecule has 16 heavy (non-hydrogen) atoms. The highest BCUT2D eigenvalue weighted by atomic mass is 15.5. The molecule has 3 rings (SSSR count). The summed E-state index contributed by atoms with van der Waals surface area (Å²) in [6, 6.07) is 10.2. The molecule has 0 amide bonds. The molecule has 80 valence electrons. The van der Waals surface area contributed by atoms with Crippen LogP contribution in [0.25, 0.3) is 0 Å². The molecule has 0 unspecified atom stereocenters. The van der Waals surface area contributed by atoms with Crippen molar-refractivity contribution in [3.05, 3.63) is 36.5 Å². The number of para-hydroxylation sites is 1. The summed E-state index contributed by atoms with van der Waals surface area (Å²) < 4.78 is 0. The topological polar surface area (TPSA) is 45.2 Å². The van der Waals surface area contributed by atoms with Crippen LogP contribution < -0.4 is 9.80 Å². The Morgan fingerprint density at radius 2 is 2.00 bits per heavy atom. The van der Waals surface area contributed by atoms with Gasteiger partial charge in [-0.1, -0.05) is 18.2 Å². The van der Waals surface area contributed by atoms with Crippen LogP contribution in [0.2, 0.25) is 0 Å². The molecule has 0 N–H and O–H groups in total. The van der Waals surface area contributed by atoms with Gasteiger partial charge in [0.25, 0.3) is 0 Å². The van der Waals surface area contributed by atoms with Gasteiger partial charge in [0.2, 0.25) is 0 Å². The van der Waals surface area contributed by atoms with Gasteiger partial charge in [-0.25, -0.2) is 0 Å². The third-order valence-corrected chi connectivity index (χ3v) is 2.69. The van der Waals surface area contributed by atoms with Crippen molar-refractivity contribution in [3.63, 3.8) is 0 Å². The van der Waals surface area contributed by atoms with Crippen molar-refractivity contribution >= 4 is 17.2 Å². The monoisotopic (exact) mass is 213 g/mol. The van der Waals surface area contributed by atoms with Crippen molar-refractivity contribution in [1.82, 2.24) is 15.4 Å². The van der Waals surface area contributed by atoms with Gasteiger partial charge in [-0.2, -0.15) is 0 Å². The molecule has 0 atom stereocenters. The number of hydrogen-bond acceptors (Lipinski definition) is 5. The lowest BCUT2D eigenvalue weighted by atomic mass is 10.3. The molecule has 0 bridgehead atoms. The highest BCUT2D eigenvalue weighted by molar-refractivity contribution is 5.77. The lowest BCUT2D eigenvalue weighted by Crippen LogP contribution is -2.24. The first kappa shape index (κ1) is 9.08. The van der Waals surface area contributed by atoms with Crippen molar-refractivity contribution in [2.75, 3.05) is 23.5 Å². The van der Waals surface area contributed by atoms with Gasteiger partial charge in [0.05, 0.1) is 12.9 Å². The first-order valence-corrected chi connectivity index (χ1v) is 5.08. The van der Waals surface area contributed by atoms with Crippen LogP contribution in [0.5, 0.6) is 0 Å². The van der Waals surface area contributed by atoms with Crippen molar-refractivity contribution < 1.29 is 0 Å². The van der Waals surface area contributed by atoms with Gasteiger partial charge in [-0.15, -0.1) is 10.2 Å². The van der Waals surface area contributed by atoms with Crippen LogP contribution in [0.4, 0.5) is 17.2 Å². The van der Waals surface area contributed by atoms with E-state index in [9.17, 15) is 0 Å². The van der Waals surface area contributed by atoms with Crippen LogP contribution in [0.15, 0.2) is 36.5 Å². The Hall–Kier alpha value is -2.17. The maximum atomic E-state index is 4.09. The van der Waals surface area contributed by atoms with E-state index in [0.29, 0.717) is 0 Å². The highest BCUT2D eigenvalue weighted by Gasteiger charge is 2.26. The van der Waals surface area contributed by atoms with E-state index in [1.807, 2.05) is 25.2 Å². The van der Waals surface area contributed by atoms with Crippen LogP contribution in [0.3, 0.4) is 0 Å². The predicted molar refractivity (Wildman–Crippen MR) is 61.7 cm³/mol. The first-order valence-electron chi connectivity index (χ1n) is 5.08. The average molecular weight is 213 g/mol. The summed E-state index contributed by atoms with van der Waals surface area (Å²) in [5.41, 5.74) is 2.13. The Morgan fingerprint density at radius 3 is 2.81 bits per heavy atom. The minimum atomic E-state index is 0.777. The second-order valence-corrected chi connectivity index (χ2v) is 3.75. The van der Waals surface area contributed by atoms with Crippen LogP contribution in [-0.4, -0.2) is 29.1 Å². The minimum Gasteiger partial charge on any atom is -0.352 e. The number of fused-ring (bicyclic) bond motifs is 1. The largest absolute Gasteiger partial charge is 0.352 e. The van der Waals surface area contributed by atoms with E-state index in [2.05, 4.69) is 37.3 Å². The summed E-state index contributed by atoms with van der Waals surface area (Å²) in [7, 11) is 2.02. The second-order valence-electron chi connectivity index (χ2n) is 3.75. The van der Waals surface area contributed by atoms with Crippen molar-refractivity contribution in [3.8, 4) is 0 Å². The third-order valence-electron chi connectivity index (χ3n) is 2.69. The predicted octanol–water partition coefficient (Wildman–Crippen LogP) is 1.42. The maximum absolute atomic E-state index is 4.09. The van der Waals surface area contributed by atoms with Crippen LogP contribution in [-0.2, 0) is 0 Å². The van der Waals surface area contributed by atoms with E-state index in [1.54, 1.807) is 6.20 Å². The fourth-order valence-corrected chi connectivity index (χ4v) is 1.89. The zero-order valence-electron chi connectivity index (χ0n) is 8.91. The minimum absolute atomic E-state index is 0.777. The smallest absolute Gasteiger partial charge is 0.184 e. The van der Waals surface area contributed by atoms with E-state index in [0.717, 1.165) is 23.9 Å². The lowest BCUT2D eigenvalue weighted by Gasteiger charge is -2.17. The molecule has 0 fully saturated rings. The Kier molecular flexibility index (Phi) is 1.96. The quantitative estimate of drug-likeness (QED) is 0.716. The van der Waals surface area contributed by atoms with Crippen molar-refractivity contribution in [2.45, 2.75) is 0 Å². The van der Waals surface area contributed by atoms with E-state index in [-0.39, 0.29) is 0 Å². The summed E-state index contributed by atoms with van der Waals surface area (Å²) >= 11 is 0. The Labute approximate surface area is 93.3 Å².